The van der Waals surface area contributed by atoms with Crippen LogP contribution in [0.1, 0.15) is 42.8 Å². The van der Waals surface area contributed by atoms with Crippen molar-refractivity contribution >= 4 is 33.7 Å². The Balaban J connectivity index is 1.81. The summed E-state index contributed by atoms with van der Waals surface area (Å²) in [7, 11) is 3.30. The van der Waals surface area contributed by atoms with Crippen molar-refractivity contribution in [2.75, 3.05) is 7.11 Å². The van der Waals surface area contributed by atoms with Crippen LogP contribution in [0.15, 0.2) is 65.5 Å². The molecule has 2 heterocycles. The van der Waals surface area contributed by atoms with Crippen LogP contribution in [-0.2, 0) is 21.3 Å². The highest BCUT2D eigenvalue weighted by Gasteiger charge is 2.50. The van der Waals surface area contributed by atoms with Gasteiger partial charge < -0.3 is 23.5 Å². The first-order valence-corrected chi connectivity index (χ1v) is 11.9. The third-order valence-corrected chi connectivity index (χ3v) is 6.71. The zero-order chi connectivity index (χ0) is 26.5. The highest BCUT2D eigenvalue weighted by atomic mass is 16.6. The highest BCUT2D eigenvalue weighted by Crippen LogP contribution is 2.49. The summed E-state index contributed by atoms with van der Waals surface area (Å²) in [5.74, 6) is -0.445. The van der Waals surface area contributed by atoms with Gasteiger partial charge in [0, 0.05) is 25.4 Å². The van der Waals surface area contributed by atoms with Crippen LogP contribution in [0.3, 0.4) is 0 Å². The molecule has 0 aliphatic carbocycles. The van der Waals surface area contributed by atoms with E-state index in [0.717, 1.165) is 0 Å². The predicted octanol–water partition coefficient (Wildman–Crippen LogP) is 4.70. The number of rotatable bonds is 4. The monoisotopic (exact) mass is 501 g/mol. The third-order valence-electron chi connectivity index (χ3n) is 6.71. The van der Waals surface area contributed by atoms with Gasteiger partial charge in [-0.05, 0) is 38.1 Å². The molecule has 8 nitrogen and oxygen atoms in total. The molecule has 0 bridgehead atoms. The summed E-state index contributed by atoms with van der Waals surface area (Å²) in [6.07, 6.45) is -2.07. The van der Waals surface area contributed by atoms with Crippen molar-refractivity contribution in [1.82, 2.24) is 4.57 Å². The smallest absolute Gasteiger partial charge is 0.338 e. The standard InChI is InChI=1S/C29H27NO7/c1-16(31)35-26-23-21(37-29(2,3)27(26)36-28(33)17-11-7-6-8-12-17)15-20(34-5)22-24(23)30(4)19-14-10-9-13-18(19)25(22)32/h6-15,26-27H,1-5H3/t26-,27-/m0/s1. The van der Waals surface area contributed by atoms with Crippen molar-refractivity contribution in [2.24, 2.45) is 7.05 Å². The number of hydrogen-bond donors (Lipinski definition) is 0. The number of hydrogen-bond acceptors (Lipinski definition) is 7. The van der Waals surface area contributed by atoms with Crippen molar-refractivity contribution in [3.05, 3.63) is 82.0 Å². The second kappa shape index (κ2) is 8.96. The number of aryl methyl sites for hydroxylation is 1. The molecule has 0 radical (unpaired) electrons. The molecule has 1 aliphatic rings. The lowest BCUT2D eigenvalue weighted by atomic mass is 9.86. The van der Waals surface area contributed by atoms with Crippen LogP contribution in [0, 0.1) is 0 Å². The topological polar surface area (TPSA) is 93.1 Å². The largest absolute Gasteiger partial charge is 0.496 e. The molecule has 0 saturated carbocycles. The van der Waals surface area contributed by atoms with Crippen molar-refractivity contribution in [1.29, 1.82) is 0 Å². The summed E-state index contributed by atoms with van der Waals surface area (Å²) >= 11 is 0. The molecule has 8 heteroatoms. The maximum absolute atomic E-state index is 13.7. The Labute approximate surface area is 213 Å². The second-order valence-corrected chi connectivity index (χ2v) is 9.55. The van der Waals surface area contributed by atoms with Crippen LogP contribution in [0.4, 0.5) is 0 Å². The van der Waals surface area contributed by atoms with Crippen LogP contribution in [0.2, 0.25) is 0 Å². The molecule has 1 aromatic heterocycles. The maximum Gasteiger partial charge on any atom is 0.338 e. The lowest BCUT2D eigenvalue weighted by molar-refractivity contribution is -0.168. The fraction of sp³-hybridized carbons (Fsp3) is 0.276. The number of carbonyl (C=O) groups is 2. The van der Waals surface area contributed by atoms with Gasteiger partial charge in [-0.15, -0.1) is 0 Å². The van der Waals surface area contributed by atoms with Gasteiger partial charge in [0.25, 0.3) is 0 Å². The quantitative estimate of drug-likeness (QED) is 0.296. The summed E-state index contributed by atoms with van der Waals surface area (Å²) in [4.78, 5) is 39.2. The number of fused-ring (bicyclic) bond motifs is 4. The van der Waals surface area contributed by atoms with Crippen LogP contribution in [-0.4, -0.2) is 35.3 Å². The Morgan fingerprint density at radius 2 is 1.68 bits per heavy atom. The van der Waals surface area contributed by atoms with E-state index in [1.807, 2.05) is 23.7 Å². The van der Waals surface area contributed by atoms with E-state index in [1.54, 1.807) is 62.4 Å². The van der Waals surface area contributed by atoms with E-state index in [1.165, 1.54) is 14.0 Å². The summed E-state index contributed by atoms with van der Waals surface area (Å²) in [6.45, 7) is 4.80. The molecule has 190 valence electrons. The van der Waals surface area contributed by atoms with E-state index in [9.17, 15) is 14.4 Å². The zero-order valence-electron chi connectivity index (χ0n) is 21.2. The molecule has 0 unspecified atom stereocenters. The summed E-state index contributed by atoms with van der Waals surface area (Å²) in [5, 5.41) is 0.833. The average Bonchev–Trinajstić information content (AvgIpc) is 2.88. The fourth-order valence-electron chi connectivity index (χ4n) is 5.06. The molecular formula is C29H27NO7. The van der Waals surface area contributed by atoms with Gasteiger partial charge in [-0.1, -0.05) is 30.3 Å². The van der Waals surface area contributed by atoms with Gasteiger partial charge in [0.2, 0.25) is 5.43 Å². The van der Waals surface area contributed by atoms with Gasteiger partial charge in [0.05, 0.1) is 34.7 Å². The predicted molar refractivity (Wildman–Crippen MR) is 138 cm³/mol. The van der Waals surface area contributed by atoms with E-state index in [-0.39, 0.29) is 5.43 Å². The van der Waals surface area contributed by atoms with Gasteiger partial charge in [-0.3, -0.25) is 9.59 Å². The van der Waals surface area contributed by atoms with Crippen molar-refractivity contribution in [2.45, 2.75) is 38.6 Å². The molecule has 5 rings (SSSR count). The summed E-state index contributed by atoms with van der Waals surface area (Å²) in [6, 6.07) is 17.4. The maximum atomic E-state index is 13.7. The molecule has 0 spiro atoms. The number of esters is 2. The van der Waals surface area contributed by atoms with E-state index in [4.69, 9.17) is 18.9 Å². The molecule has 2 atom stereocenters. The highest BCUT2D eigenvalue weighted by molar-refractivity contribution is 5.99. The number of carbonyl (C=O) groups excluding carboxylic acids is 2. The number of aromatic nitrogens is 1. The van der Waals surface area contributed by atoms with E-state index in [2.05, 4.69) is 0 Å². The molecule has 1 aliphatic heterocycles. The summed E-state index contributed by atoms with van der Waals surface area (Å²) in [5.41, 5.74) is 0.615. The normalized spacial score (nSPS) is 18.1. The second-order valence-electron chi connectivity index (χ2n) is 9.55. The summed E-state index contributed by atoms with van der Waals surface area (Å²) < 4.78 is 25.7. The van der Waals surface area contributed by atoms with Gasteiger partial charge in [0.1, 0.15) is 17.1 Å². The van der Waals surface area contributed by atoms with Crippen LogP contribution < -0.4 is 14.9 Å². The van der Waals surface area contributed by atoms with Gasteiger partial charge in [-0.2, -0.15) is 0 Å². The number of ether oxygens (including phenoxy) is 4. The fourth-order valence-corrected chi connectivity index (χ4v) is 5.06. The number of nitrogens with zero attached hydrogens (tertiary/aromatic N) is 1. The van der Waals surface area contributed by atoms with Crippen LogP contribution in [0.25, 0.3) is 21.8 Å². The molecule has 0 N–H and O–H groups in total. The average molecular weight is 502 g/mol. The third kappa shape index (κ3) is 3.98. The Morgan fingerprint density at radius 1 is 1.00 bits per heavy atom. The van der Waals surface area contributed by atoms with Crippen LogP contribution in [0.5, 0.6) is 11.5 Å². The number of para-hydroxylation sites is 1. The Kier molecular flexibility index (Phi) is 5.90. The van der Waals surface area contributed by atoms with Crippen molar-refractivity contribution < 1.29 is 28.5 Å². The van der Waals surface area contributed by atoms with E-state index >= 15 is 0 Å². The minimum atomic E-state index is -1.09. The van der Waals surface area contributed by atoms with Gasteiger partial charge >= 0.3 is 11.9 Å². The van der Waals surface area contributed by atoms with Crippen molar-refractivity contribution in [3.63, 3.8) is 0 Å². The molecule has 4 aromatic rings. The SMILES string of the molecule is COc1cc2c(c3c1c(=O)c1ccccc1n3C)[C@H](OC(C)=O)[C@H](OC(=O)c1ccccc1)C(C)(C)O2. The first-order valence-electron chi connectivity index (χ1n) is 11.9. The Bertz CT molecular complexity index is 1600. The molecule has 0 fully saturated rings. The Hall–Kier alpha value is -4.33. The molecule has 0 saturated heterocycles. The Morgan fingerprint density at radius 3 is 2.35 bits per heavy atom. The van der Waals surface area contributed by atoms with Gasteiger partial charge in [-0.25, -0.2) is 4.79 Å². The molecule has 37 heavy (non-hydrogen) atoms. The lowest BCUT2D eigenvalue weighted by Gasteiger charge is -2.43. The lowest BCUT2D eigenvalue weighted by Crippen LogP contribution is -2.52. The van der Waals surface area contributed by atoms with E-state index < -0.39 is 29.7 Å². The minimum Gasteiger partial charge on any atom is -0.496 e. The van der Waals surface area contributed by atoms with E-state index in [0.29, 0.717) is 44.4 Å². The van der Waals surface area contributed by atoms with Crippen LogP contribution >= 0.6 is 0 Å². The minimum absolute atomic E-state index is 0.229. The molecule has 0 amide bonds. The molecular weight excluding hydrogens is 474 g/mol. The zero-order valence-corrected chi connectivity index (χ0v) is 21.2. The van der Waals surface area contributed by atoms with Gasteiger partial charge in [0.15, 0.2) is 12.2 Å². The number of benzene rings is 3. The molecule has 3 aromatic carbocycles. The first-order chi connectivity index (χ1) is 17.6. The number of methoxy groups -OCH3 is 1. The number of pyridine rings is 1. The first kappa shape index (κ1) is 24.4. The van der Waals surface area contributed by atoms with Crippen molar-refractivity contribution in [3.8, 4) is 11.5 Å².